The SMILES string of the molecule is O=C1Nc2ccc(OP(=O)(O)O)cc2C1=Cc1ccnc2ccccc12. The topological polar surface area (TPSA) is 109 Å². The highest BCUT2D eigenvalue weighted by molar-refractivity contribution is 7.46. The number of hydrogen-bond donors (Lipinski definition) is 3. The summed E-state index contributed by atoms with van der Waals surface area (Å²) in [7, 11) is -4.68. The number of amides is 1. The van der Waals surface area contributed by atoms with Crippen molar-refractivity contribution in [2.45, 2.75) is 0 Å². The van der Waals surface area contributed by atoms with E-state index in [-0.39, 0.29) is 11.7 Å². The van der Waals surface area contributed by atoms with Gasteiger partial charge in [0, 0.05) is 28.4 Å². The summed E-state index contributed by atoms with van der Waals surface area (Å²) in [6.45, 7) is 0. The monoisotopic (exact) mass is 368 g/mol. The van der Waals surface area contributed by atoms with Gasteiger partial charge < -0.3 is 9.84 Å². The highest BCUT2D eigenvalue weighted by atomic mass is 31.2. The Labute approximate surface area is 148 Å². The molecule has 3 N–H and O–H groups in total. The molecule has 3 aromatic rings. The fourth-order valence-electron chi connectivity index (χ4n) is 2.90. The molecular formula is C18H13N2O5P. The zero-order valence-electron chi connectivity index (χ0n) is 13.3. The third kappa shape index (κ3) is 3.11. The van der Waals surface area contributed by atoms with Gasteiger partial charge in [0.25, 0.3) is 5.91 Å². The smallest absolute Gasteiger partial charge is 0.404 e. The maximum atomic E-state index is 12.4. The molecule has 0 fully saturated rings. The first-order valence-electron chi connectivity index (χ1n) is 7.67. The number of aromatic nitrogens is 1. The fraction of sp³-hybridized carbons (Fsp3) is 0. The predicted molar refractivity (Wildman–Crippen MR) is 97.4 cm³/mol. The zero-order valence-corrected chi connectivity index (χ0v) is 14.2. The van der Waals surface area contributed by atoms with Gasteiger partial charge in [-0.2, -0.15) is 0 Å². The molecule has 0 saturated carbocycles. The molecular weight excluding hydrogens is 355 g/mol. The standard InChI is InChI=1S/C18H13N2O5P/c21-18-15(9-11-7-8-19-16-4-2-1-3-13(11)16)14-10-12(25-26(22,23)24)5-6-17(14)20-18/h1-10H,(H,20,21)(H2,22,23,24). The lowest BCUT2D eigenvalue weighted by Gasteiger charge is -2.08. The van der Waals surface area contributed by atoms with Crippen molar-refractivity contribution < 1.29 is 23.7 Å². The van der Waals surface area contributed by atoms with E-state index in [1.807, 2.05) is 24.3 Å². The molecule has 1 amide bonds. The average molecular weight is 368 g/mol. The van der Waals surface area contributed by atoms with Gasteiger partial charge in [-0.25, -0.2) is 4.57 Å². The highest BCUT2D eigenvalue weighted by Crippen LogP contribution is 2.41. The number of anilines is 1. The van der Waals surface area contributed by atoms with Gasteiger partial charge in [0.2, 0.25) is 0 Å². The van der Waals surface area contributed by atoms with Crippen LogP contribution in [0.5, 0.6) is 5.75 Å². The normalized spacial score (nSPS) is 15.2. The number of nitrogens with one attached hydrogen (secondary N) is 1. The molecule has 2 heterocycles. The molecule has 8 heteroatoms. The van der Waals surface area contributed by atoms with Crippen molar-refractivity contribution in [3.8, 4) is 5.75 Å². The summed E-state index contributed by atoms with van der Waals surface area (Å²) in [5.74, 6) is -0.312. The van der Waals surface area contributed by atoms with Crippen molar-refractivity contribution >= 4 is 42.0 Å². The van der Waals surface area contributed by atoms with E-state index < -0.39 is 7.82 Å². The molecule has 1 aromatic heterocycles. The molecule has 0 saturated heterocycles. The summed E-state index contributed by atoms with van der Waals surface area (Å²) in [6, 6.07) is 13.7. The Morgan fingerprint density at radius 3 is 2.73 bits per heavy atom. The predicted octanol–water partition coefficient (Wildman–Crippen LogP) is 3.20. The largest absolute Gasteiger partial charge is 0.524 e. The van der Waals surface area contributed by atoms with Crippen LogP contribution in [0, 0.1) is 0 Å². The van der Waals surface area contributed by atoms with Crippen LogP contribution in [0.4, 0.5) is 5.69 Å². The lowest BCUT2D eigenvalue weighted by atomic mass is 10.0. The summed E-state index contributed by atoms with van der Waals surface area (Å²) in [6.07, 6.45) is 3.39. The van der Waals surface area contributed by atoms with Crippen molar-refractivity contribution in [3.05, 3.63) is 65.9 Å². The molecule has 1 aliphatic heterocycles. The number of hydrogen-bond acceptors (Lipinski definition) is 4. The molecule has 26 heavy (non-hydrogen) atoms. The van der Waals surface area contributed by atoms with E-state index in [0.717, 1.165) is 16.5 Å². The average Bonchev–Trinajstić information content (AvgIpc) is 2.89. The number of nitrogens with zero attached hydrogens (tertiary/aromatic N) is 1. The molecule has 0 atom stereocenters. The molecule has 130 valence electrons. The van der Waals surface area contributed by atoms with Gasteiger partial charge in [0.05, 0.1) is 5.52 Å². The lowest BCUT2D eigenvalue weighted by molar-refractivity contribution is -0.110. The van der Waals surface area contributed by atoms with E-state index in [1.165, 1.54) is 12.1 Å². The molecule has 0 spiro atoms. The first kappa shape index (κ1) is 16.5. The first-order chi connectivity index (χ1) is 12.4. The number of fused-ring (bicyclic) bond motifs is 2. The molecule has 2 aromatic carbocycles. The number of rotatable bonds is 3. The van der Waals surface area contributed by atoms with E-state index in [4.69, 9.17) is 9.79 Å². The minimum atomic E-state index is -4.68. The maximum absolute atomic E-state index is 12.4. The fourth-order valence-corrected chi connectivity index (χ4v) is 3.29. The van der Waals surface area contributed by atoms with Crippen molar-refractivity contribution in [3.63, 3.8) is 0 Å². The Kier molecular flexibility index (Phi) is 3.85. The number of pyridine rings is 1. The Balaban J connectivity index is 1.83. The van der Waals surface area contributed by atoms with Crippen LogP contribution >= 0.6 is 7.82 Å². The van der Waals surface area contributed by atoms with Crippen LogP contribution in [0.15, 0.2) is 54.7 Å². The van der Waals surface area contributed by atoms with Gasteiger partial charge in [0.15, 0.2) is 0 Å². The number of benzene rings is 2. The van der Waals surface area contributed by atoms with Crippen molar-refractivity contribution in [2.75, 3.05) is 5.32 Å². The maximum Gasteiger partial charge on any atom is 0.524 e. The van der Waals surface area contributed by atoms with Gasteiger partial charge in [-0.05, 0) is 42.0 Å². The van der Waals surface area contributed by atoms with Gasteiger partial charge in [-0.3, -0.25) is 19.6 Å². The molecule has 0 unspecified atom stereocenters. The summed E-state index contributed by atoms with van der Waals surface area (Å²) < 4.78 is 15.7. The lowest BCUT2D eigenvalue weighted by Crippen LogP contribution is -2.03. The van der Waals surface area contributed by atoms with Gasteiger partial charge in [-0.1, -0.05) is 18.2 Å². The van der Waals surface area contributed by atoms with Crippen LogP contribution in [0.2, 0.25) is 0 Å². The third-order valence-electron chi connectivity index (χ3n) is 3.98. The molecule has 7 nitrogen and oxygen atoms in total. The molecule has 4 rings (SSSR count). The van der Waals surface area contributed by atoms with Crippen molar-refractivity contribution in [2.24, 2.45) is 0 Å². The minimum Gasteiger partial charge on any atom is -0.404 e. The summed E-state index contributed by atoms with van der Waals surface area (Å²) >= 11 is 0. The number of carbonyl (C=O) groups is 1. The van der Waals surface area contributed by atoms with Gasteiger partial charge in [-0.15, -0.1) is 0 Å². The van der Waals surface area contributed by atoms with E-state index in [1.54, 1.807) is 24.4 Å². The third-order valence-corrected chi connectivity index (χ3v) is 4.43. The Morgan fingerprint density at radius 2 is 1.92 bits per heavy atom. The van der Waals surface area contributed by atoms with Crippen LogP contribution in [-0.4, -0.2) is 20.7 Å². The number of phosphoric ester groups is 1. The van der Waals surface area contributed by atoms with Gasteiger partial charge in [0.1, 0.15) is 5.75 Å². The number of phosphoric acid groups is 1. The Bertz CT molecular complexity index is 1110. The Morgan fingerprint density at radius 1 is 1.12 bits per heavy atom. The van der Waals surface area contributed by atoms with Crippen molar-refractivity contribution in [1.29, 1.82) is 0 Å². The van der Waals surface area contributed by atoms with E-state index in [2.05, 4.69) is 14.8 Å². The molecule has 1 aliphatic rings. The van der Waals surface area contributed by atoms with Crippen molar-refractivity contribution in [1.82, 2.24) is 4.98 Å². The molecule has 0 aliphatic carbocycles. The van der Waals surface area contributed by atoms with Gasteiger partial charge >= 0.3 is 7.82 Å². The van der Waals surface area contributed by atoms with Crippen LogP contribution in [0.25, 0.3) is 22.6 Å². The van der Waals surface area contributed by atoms with Crippen LogP contribution in [0.3, 0.4) is 0 Å². The van der Waals surface area contributed by atoms with Crippen LogP contribution < -0.4 is 9.84 Å². The number of para-hydroxylation sites is 1. The molecule has 0 radical (unpaired) electrons. The summed E-state index contributed by atoms with van der Waals surface area (Å²) in [4.78, 5) is 34.6. The number of carbonyl (C=O) groups excluding carboxylic acids is 1. The van der Waals surface area contributed by atoms with Crippen LogP contribution in [0.1, 0.15) is 11.1 Å². The summed E-state index contributed by atoms with van der Waals surface area (Å²) in [5.41, 5.74) is 3.07. The van der Waals surface area contributed by atoms with E-state index >= 15 is 0 Å². The summed E-state index contributed by atoms with van der Waals surface area (Å²) in [5, 5.41) is 3.63. The zero-order chi connectivity index (χ0) is 18.3. The van der Waals surface area contributed by atoms with Crippen LogP contribution in [-0.2, 0) is 9.36 Å². The highest BCUT2D eigenvalue weighted by Gasteiger charge is 2.26. The van der Waals surface area contributed by atoms with E-state index in [0.29, 0.717) is 16.8 Å². The first-order valence-corrected chi connectivity index (χ1v) is 9.20. The quantitative estimate of drug-likeness (QED) is 0.484. The van der Waals surface area contributed by atoms with E-state index in [9.17, 15) is 9.36 Å². The second-order valence-electron chi connectivity index (χ2n) is 5.72. The minimum absolute atomic E-state index is 0.0148. The Hall–Kier alpha value is -2.99. The second-order valence-corrected chi connectivity index (χ2v) is 6.88. The molecule has 0 bridgehead atoms. The second kappa shape index (κ2) is 6.07.